The summed E-state index contributed by atoms with van der Waals surface area (Å²) in [5, 5.41) is 2.78. The van der Waals surface area contributed by atoms with Crippen LogP contribution in [0.4, 0.5) is 15.8 Å². The number of carbonyl (C=O) groups is 3. The van der Waals surface area contributed by atoms with E-state index in [4.69, 9.17) is 0 Å². The lowest BCUT2D eigenvalue weighted by Crippen LogP contribution is -2.40. The average Bonchev–Trinajstić information content (AvgIpc) is 3.13. The number of anilines is 2. The van der Waals surface area contributed by atoms with Gasteiger partial charge in [-0.1, -0.05) is 24.3 Å². The molecule has 0 radical (unpaired) electrons. The van der Waals surface area contributed by atoms with Crippen LogP contribution in [0, 0.1) is 18.2 Å². The van der Waals surface area contributed by atoms with Crippen LogP contribution in [0.3, 0.4) is 0 Å². The van der Waals surface area contributed by atoms with Crippen molar-refractivity contribution < 1.29 is 18.8 Å². The summed E-state index contributed by atoms with van der Waals surface area (Å²) in [5.74, 6) is -0.856. The smallest absolute Gasteiger partial charge is 0.258 e. The van der Waals surface area contributed by atoms with E-state index in [2.05, 4.69) is 10.2 Å². The van der Waals surface area contributed by atoms with Crippen LogP contribution in [-0.2, 0) is 11.2 Å². The molecule has 1 unspecified atom stereocenters. The Hall–Kier alpha value is -4.04. The molecular weight excluding hydrogens is 507 g/mol. The first-order valence-corrected chi connectivity index (χ1v) is 13.7. The number of nitrogens with zero attached hydrogens (tertiary/aromatic N) is 3. The molecule has 1 N–H and O–H groups in total. The van der Waals surface area contributed by atoms with E-state index in [0.29, 0.717) is 42.7 Å². The number of nitrogens with one attached hydrogen (secondary N) is 1. The van der Waals surface area contributed by atoms with Gasteiger partial charge in [0.05, 0.1) is 5.41 Å². The van der Waals surface area contributed by atoms with Crippen LogP contribution in [-0.4, -0.2) is 67.8 Å². The Balaban J connectivity index is 1.33. The number of benzene rings is 3. The first-order chi connectivity index (χ1) is 19.2. The summed E-state index contributed by atoms with van der Waals surface area (Å²) in [7, 11) is 4.01. The quantitative estimate of drug-likeness (QED) is 0.488. The second-order valence-corrected chi connectivity index (χ2v) is 11.1. The highest BCUT2D eigenvalue weighted by molar-refractivity contribution is 6.08. The number of para-hydroxylation sites is 1. The van der Waals surface area contributed by atoms with E-state index in [1.54, 1.807) is 42.2 Å². The Bertz CT molecular complexity index is 1440. The number of aryl methyl sites for hydroxylation is 1. The molecule has 8 heteroatoms. The molecule has 3 amide bonds. The fourth-order valence-electron chi connectivity index (χ4n) is 5.75. The average molecular weight is 543 g/mol. The standard InChI is InChI=1S/C32H35FN4O3/c1-22-8-11-25(33)20-27(22)29(38)34-26-12-9-23(10-13-26)30(39)37-17-15-32(21-24-6-4-5-7-28(24)37)14-16-36(31(32)40)19-18-35(2)3/h4-13,20H,14-19,21H2,1-3H3,(H,34,38). The topological polar surface area (TPSA) is 73.0 Å². The number of hydrogen-bond acceptors (Lipinski definition) is 4. The predicted molar refractivity (Wildman–Crippen MR) is 154 cm³/mol. The number of likely N-dealkylation sites (N-methyl/N-ethyl adjacent to an activating group) is 1. The van der Waals surface area contributed by atoms with Crippen molar-refractivity contribution >= 4 is 29.1 Å². The Morgan fingerprint density at radius 1 is 1.00 bits per heavy atom. The lowest BCUT2D eigenvalue weighted by molar-refractivity contribution is -0.136. The number of halogens is 1. The first kappa shape index (κ1) is 27.5. The van der Waals surface area contributed by atoms with Crippen molar-refractivity contribution in [3.05, 3.63) is 94.8 Å². The minimum Gasteiger partial charge on any atom is -0.341 e. The molecule has 2 heterocycles. The summed E-state index contributed by atoms with van der Waals surface area (Å²) in [5.41, 5.74) is 3.27. The van der Waals surface area contributed by atoms with Crippen LogP contribution in [0.2, 0.25) is 0 Å². The molecule has 0 aromatic heterocycles. The third-order valence-corrected chi connectivity index (χ3v) is 8.12. The SMILES string of the molecule is Cc1ccc(F)cc1C(=O)Nc1ccc(C(=O)N2CCC3(CCN(CCN(C)C)C3=O)Cc3ccccc32)cc1. The number of fused-ring (bicyclic) bond motifs is 1. The second-order valence-electron chi connectivity index (χ2n) is 11.1. The fourth-order valence-corrected chi connectivity index (χ4v) is 5.75. The van der Waals surface area contributed by atoms with Gasteiger partial charge in [-0.3, -0.25) is 14.4 Å². The van der Waals surface area contributed by atoms with Crippen molar-refractivity contribution in [3.8, 4) is 0 Å². The largest absolute Gasteiger partial charge is 0.341 e. The van der Waals surface area contributed by atoms with Crippen molar-refractivity contribution in [1.82, 2.24) is 9.80 Å². The van der Waals surface area contributed by atoms with E-state index in [1.165, 1.54) is 12.1 Å². The number of hydrogen-bond donors (Lipinski definition) is 1. The highest BCUT2D eigenvalue weighted by Crippen LogP contribution is 2.43. The summed E-state index contributed by atoms with van der Waals surface area (Å²) in [6, 6.07) is 18.7. The van der Waals surface area contributed by atoms with Crippen molar-refractivity contribution in [2.24, 2.45) is 5.41 Å². The van der Waals surface area contributed by atoms with Crippen LogP contribution >= 0.6 is 0 Å². The molecule has 3 aromatic rings. The van der Waals surface area contributed by atoms with Gasteiger partial charge in [0.2, 0.25) is 5.91 Å². The zero-order chi connectivity index (χ0) is 28.4. The first-order valence-electron chi connectivity index (χ1n) is 13.7. The maximum Gasteiger partial charge on any atom is 0.258 e. The third kappa shape index (κ3) is 5.49. The van der Waals surface area contributed by atoms with Gasteiger partial charge in [-0.15, -0.1) is 0 Å². The monoisotopic (exact) mass is 542 g/mol. The number of amides is 3. The lowest BCUT2D eigenvalue weighted by Gasteiger charge is -2.27. The summed E-state index contributed by atoms with van der Waals surface area (Å²) in [6.45, 7) is 4.46. The molecule has 2 aliphatic rings. The van der Waals surface area contributed by atoms with E-state index < -0.39 is 17.1 Å². The Morgan fingerprint density at radius 3 is 2.48 bits per heavy atom. The van der Waals surface area contributed by atoms with Gasteiger partial charge in [0.25, 0.3) is 11.8 Å². The van der Waals surface area contributed by atoms with E-state index in [9.17, 15) is 18.8 Å². The Morgan fingerprint density at radius 2 is 1.73 bits per heavy atom. The maximum absolute atomic E-state index is 13.8. The van der Waals surface area contributed by atoms with Gasteiger partial charge in [-0.05, 0) is 93.9 Å². The highest BCUT2D eigenvalue weighted by Gasteiger charge is 2.48. The summed E-state index contributed by atoms with van der Waals surface area (Å²) in [6.07, 6.45) is 2.01. The van der Waals surface area contributed by atoms with Gasteiger partial charge in [0.15, 0.2) is 0 Å². The van der Waals surface area contributed by atoms with Gasteiger partial charge in [0, 0.05) is 48.7 Å². The number of likely N-dealkylation sites (tertiary alicyclic amines) is 1. The molecule has 0 aliphatic carbocycles. The van der Waals surface area contributed by atoms with Crippen molar-refractivity contribution in [3.63, 3.8) is 0 Å². The van der Waals surface area contributed by atoms with E-state index in [-0.39, 0.29) is 17.4 Å². The van der Waals surface area contributed by atoms with Crippen LogP contribution in [0.15, 0.2) is 66.7 Å². The highest BCUT2D eigenvalue weighted by atomic mass is 19.1. The molecule has 3 aromatic carbocycles. The van der Waals surface area contributed by atoms with Crippen LogP contribution in [0.25, 0.3) is 0 Å². The number of rotatable bonds is 6. The van der Waals surface area contributed by atoms with E-state index in [1.807, 2.05) is 43.3 Å². The maximum atomic E-state index is 13.8. The molecule has 5 rings (SSSR count). The zero-order valence-electron chi connectivity index (χ0n) is 23.2. The summed E-state index contributed by atoms with van der Waals surface area (Å²) < 4.78 is 13.7. The summed E-state index contributed by atoms with van der Waals surface area (Å²) >= 11 is 0. The Kier molecular flexibility index (Phi) is 7.72. The number of carbonyl (C=O) groups excluding carboxylic acids is 3. The fraction of sp³-hybridized carbons (Fsp3) is 0.344. The lowest BCUT2D eigenvalue weighted by atomic mass is 9.78. The molecule has 7 nitrogen and oxygen atoms in total. The normalized spacial score (nSPS) is 18.7. The van der Waals surface area contributed by atoms with Crippen molar-refractivity contribution in [2.75, 3.05) is 50.5 Å². The molecule has 1 fully saturated rings. The van der Waals surface area contributed by atoms with Gasteiger partial charge < -0.3 is 20.0 Å². The second kappa shape index (κ2) is 11.2. The van der Waals surface area contributed by atoms with Crippen LogP contribution < -0.4 is 10.2 Å². The van der Waals surface area contributed by atoms with Gasteiger partial charge in [-0.2, -0.15) is 0 Å². The minimum absolute atomic E-state index is 0.154. The zero-order valence-corrected chi connectivity index (χ0v) is 23.2. The molecular formula is C32H35FN4O3. The molecule has 0 bridgehead atoms. The molecule has 2 aliphatic heterocycles. The molecule has 0 saturated carbocycles. The summed E-state index contributed by atoms with van der Waals surface area (Å²) in [4.78, 5) is 45.9. The van der Waals surface area contributed by atoms with Crippen LogP contribution in [0.5, 0.6) is 0 Å². The van der Waals surface area contributed by atoms with Gasteiger partial charge >= 0.3 is 0 Å². The molecule has 208 valence electrons. The molecule has 40 heavy (non-hydrogen) atoms. The molecule has 1 spiro atoms. The van der Waals surface area contributed by atoms with Crippen molar-refractivity contribution in [2.45, 2.75) is 26.2 Å². The van der Waals surface area contributed by atoms with Crippen molar-refractivity contribution in [1.29, 1.82) is 0 Å². The van der Waals surface area contributed by atoms with Gasteiger partial charge in [0.1, 0.15) is 5.82 Å². The van der Waals surface area contributed by atoms with Crippen LogP contribution in [0.1, 0.15) is 44.7 Å². The van der Waals surface area contributed by atoms with E-state index in [0.717, 1.165) is 30.8 Å². The van der Waals surface area contributed by atoms with E-state index >= 15 is 0 Å². The minimum atomic E-state index is -0.499. The molecule has 1 atom stereocenters. The third-order valence-electron chi connectivity index (χ3n) is 8.12. The van der Waals surface area contributed by atoms with Gasteiger partial charge in [-0.25, -0.2) is 4.39 Å². The Labute approximate surface area is 234 Å². The predicted octanol–water partition coefficient (Wildman–Crippen LogP) is 4.76. The molecule has 1 saturated heterocycles.